The Morgan fingerprint density at radius 1 is 0.969 bits per heavy atom. The molecule has 2 rings (SSSR count). The number of carbonyl (C=O) groups is 1. The molecule has 2 aromatic rings. The third kappa shape index (κ3) is 5.71. The van der Waals surface area contributed by atoms with Gasteiger partial charge in [-0.3, -0.25) is 10.2 Å². The molecule has 1 aromatic carbocycles. The second-order valence-corrected chi connectivity index (χ2v) is 10.9. The fourth-order valence-electron chi connectivity index (χ4n) is 4.11. The van der Waals surface area contributed by atoms with E-state index in [1.807, 2.05) is 41.5 Å². The minimum absolute atomic E-state index is 0.0326. The average Bonchev–Trinajstić information content (AvgIpc) is 3.00. The van der Waals surface area contributed by atoms with Crippen molar-refractivity contribution >= 4 is 5.78 Å². The summed E-state index contributed by atoms with van der Waals surface area (Å²) in [6.07, 6.45) is 4.72. The molecule has 0 fully saturated rings. The predicted octanol–water partition coefficient (Wildman–Crippen LogP) is 4.75. The second-order valence-electron chi connectivity index (χ2n) is 10.9. The van der Waals surface area contributed by atoms with Crippen LogP contribution in [0.25, 0.3) is 0 Å². The van der Waals surface area contributed by atoms with Gasteiger partial charge in [-0.05, 0) is 28.9 Å². The summed E-state index contributed by atoms with van der Waals surface area (Å²) in [6.45, 7) is 16.6. The Labute approximate surface area is 192 Å². The maximum atomic E-state index is 13.2. The molecule has 1 aromatic heterocycles. The highest BCUT2D eigenvalue weighted by atomic mass is 16.3. The summed E-state index contributed by atoms with van der Waals surface area (Å²) >= 11 is 0. The lowest BCUT2D eigenvalue weighted by Gasteiger charge is -2.28. The van der Waals surface area contributed by atoms with Crippen molar-refractivity contribution in [3.05, 3.63) is 46.8 Å². The number of aliphatic hydroxyl groups excluding tert-OH is 1. The van der Waals surface area contributed by atoms with Crippen molar-refractivity contribution in [3.8, 4) is 5.75 Å². The summed E-state index contributed by atoms with van der Waals surface area (Å²) in [5, 5.41) is 29.9. The topological polar surface area (TPSA) is 91.2 Å². The maximum absolute atomic E-state index is 13.2. The molecule has 0 radical (unpaired) electrons. The average molecular weight is 444 g/mol. The Kier molecular flexibility index (Phi) is 7.82. The zero-order chi connectivity index (χ0) is 24.4. The number of carbonyl (C=O) groups excluding carboxylic acids is 1. The lowest BCUT2D eigenvalue weighted by atomic mass is 9.78. The largest absolute Gasteiger partial charge is 0.507 e. The normalized spacial score (nSPS) is 13.6. The number of aromatic nitrogens is 2. The number of rotatable bonds is 8. The number of ketones is 1. The molecule has 0 saturated heterocycles. The van der Waals surface area contributed by atoms with E-state index in [0.717, 1.165) is 24.0 Å². The summed E-state index contributed by atoms with van der Waals surface area (Å²) in [5.41, 5.74) is 1.58. The maximum Gasteiger partial charge on any atom is 0.202 e. The number of hydrogen-bond acceptors (Lipinski definition) is 4. The number of benzene rings is 1. The van der Waals surface area contributed by atoms with Gasteiger partial charge in [0.15, 0.2) is 5.78 Å². The molecule has 0 amide bonds. The van der Waals surface area contributed by atoms with Crippen molar-refractivity contribution in [2.45, 2.75) is 98.3 Å². The number of aliphatic hydroxyl groups is 1. The Morgan fingerprint density at radius 2 is 1.44 bits per heavy atom. The van der Waals surface area contributed by atoms with Crippen molar-refractivity contribution in [2.75, 3.05) is 0 Å². The quantitative estimate of drug-likeness (QED) is 0.514. The van der Waals surface area contributed by atoms with Crippen LogP contribution in [0.15, 0.2) is 24.5 Å². The zero-order valence-electron chi connectivity index (χ0n) is 21.0. The van der Waals surface area contributed by atoms with Gasteiger partial charge in [0.25, 0.3) is 0 Å². The number of nitrogens with zero attached hydrogens (tertiary/aromatic N) is 2. The van der Waals surface area contributed by atoms with Gasteiger partial charge < -0.3 is 19.3 Å². The number of hydrogen-bond donors (Lipinski definition) is 3. The van der Waals surface area contributed by atoms with Crippen LogP contribution in [0.3, 0.4) is 0 Å². The summed E-state index contributed by atoms with van der Waals surface area (Å²) in [7, 11) is 0. The first-order chi connectivity index (χ1) is 14.7. The van der Waals surface area contributed by atoms with Crippen LogP contribution < -0.4 is 5.62 Å². The van der Waals surface area contributed by atoms with Crippen LogP contribution in [-0.4, -0.2) is 31.2 Å². The lowest BCUT2D eigenvalue weighted by molar-refractivity contribution is 0.0841. The summed E-state index contributed by atoms with van der Waals surface area (Å²) < 4.78 is 3.29. The van der Waals surface area contributed by atoms with Crippen molar-refractivity contribution in [1.82, 2.24) is 9.13 Å². The highest BCUT2D eigenvalue weighted by Gasteiger charge is 2.28. The van der Waals surface area contributed by atoms with Crippen LogP contribution in [0.4, 0.5) is 0 Å². The molecular formula is C26H41N3O3. The van der Waals surface area contributed by atoms with Crippen LogP contribution in [0.1, 0.15) is 89.7 Å². The number of nitrogens with one attached hydrogen (secondary N) is 1. The molecule has 0 saturated carbocycles. The molecule has 178 valence electrons. The molecule has 0 aliphatic rings. The first kappa shape index (κ1) is 25.9. The van der Waals surface area contributed by atoms with Crippen LogP contribution in [0, 0.1) is 11.3 Å². The molecule has 1 heterocycles. The third-order valence-electron chi connectivity index (χ3n) is 6.31. The standard InChI is InChI=1S/C26H41N3O3/c1-9-17(10-2)21(30)15-28-11-12-29(24(28)27)16-22(31)18-13-19(25(3,4)5)23(32)20(14-18)26(6,7)8/h11-14,17,21,27,30,32H,9-10,15-16H2,1-8H3. The van der Waals surface area contributed by atoms with E-state index in [4.69, 9.17) is 5.41 Å². The molecule has 6 nitrogen and oxygen atoms in total. The van der Waals surface area contributed by atoms with Gasteiger partial charge in [-0.15, -0.1) is 0 Å². The molecule has 0 spiro atoms. The summed E-state index contributed by atoms with van der Waals surface area (Å²) in [5.74, 6) is 0.324. The monoisotopic (exact) mass is 443 g/mol. The Hall–Kier alpha value is -2.34. The first-order valence-corrected chi connectivity index (χ1v) is 11.6. The molecule has 1 atom stereocenters. The Morgan fingerprint density at radius 3 is 1.88 bits per heavy atom. The Bertz CT molecular complexity index is 964. The number of phenols is 1. The molecule has 6 heteroatoms. The zero-order valence-corrected chi connectivity index (χ0v) is 21.0. The van der Waals surface area contributed by atoms with E-state index in [2.05, 4.69) is 13.8 Å². The molecule has 32 heavy (non-hydrogen) atoms. The summed E-state index contributed by atoms with van der Waals surface area (Å²) in [4.78, 5) is 13.2. The number of phenolic OH excluding ortho intramolecular Hbond substituents is 1. The number of imidazole rings is 1. The number of Topliss-reactive ketones (excluding diaryl/α,β-unsaturated/α-hetero) is 1. The van der Waals surface area contributed by atoms with E-state index in [9.17, 15) is 15.0 Å². The van der Waals surface area contributed by atoms with E-state index in [1.54, 1.807) is 33.7 Å². The van der Waals surface area contributed by atoms with Gasteiger partial charge in [-0.1, -0.05) is 68.2 Å². The van der Waals surface area contributed by atoms with E-state index in [0.29, 0.717) is 12.1 Å². The number of aromatic hydroxyl groups is 1. The molecule has 0 bridgehead atoms. The SMILES string of the molecule is CCC(CC)C(O)Cn1ccn(CC(=O)c2cc(C(C)(C)C)c(O)c(C(C)(C)C)c2)c1=N. The Balaban J connectivity index is 2.36. The van der Waals surface area contributed by atoms with Crippen LogP contribution in [0.5, 0.6) is 5.75 Å². The van der Waals surface area contributed by atoms with Crippen LogP contribution in [0.2, 0.25) is 0 Å². The molecule has 1 unspecified atom stereocenters. The molecular weight excluding hydrogens is 402 g/mol. The van der Waals surface area contributed by atoms with E-state index in [-0.39, 0.29) is 40.4 Å². The second kappa shape index (κ2) is 9.65. The first-order valence-electron chi connectivity index (χ1n) is 11.6. The van der Waals surface area contributed by atoms with Gasteiger partial charge in [-0.25, -0.2) is 0 Å². The third-order valence-corrected chi connectivity index (χ3v) is 6.31. The van der Waals surface area contributed by atoms with E-state index < -0.39 is 6.10 Å². The van der Waals surface area contributed by atoms with Crippen LogP contribution >= 0.6 is 0 Å². The van der Waals surface area contributed by atoms with E-state index in [1.165, 1.54) is 0 Å². The minimum Gasteiger partial charge on any atom is -0.507 e. The fraction of sp³-hybridized carbons (Fsp3) is 0.615. The van der Waals surface area contributed by atoms with E-state index >= 15 is 0 Å². The van der Waals surface area contributed by atoms with Gasteiger partial charge in [0, 0.05) is 29.1 Å². The van der Waals surface area contributed by atoms with Crippen molar-refractivity contribution < 1.29 is 15.0 Å². The van der Waals surface area contributed by atoms with Gasteiger partial charge >= 0.3 is 0 Å². The minimum atomic E-state index is -0.522. The van der Waals surface area contributed by atoms with Gasteiger partial charge in [-0.2, -0.15) is 0 Å². The molecule has 0 aliphatic heterocycles. The fourth-order valence-corrected chi connectivity index (χ4v) is 4.11. The van der Waals surface area contributed by atoms with Gasteiger partial charge in [0.05, 0.1) is 19.2 Å². The van der Waals surface area contributed by atoms with Crippen molar-refractivity contribution in [2.24, 2.45) is 5.92 Å². The highest BCUT2D eigenvalue weighted by molar-refractivity contribution is 5.96. The summed E-state index contributed by atoms with van der Waals surface area (Å²) in [6, 6.07) is 3.57. The van der Waals surface area contributed by atoms with Gasteiger partial charge in [0.1, 0.15) is 5.75 Å². The predicted molar refractivity (Wildman–Crippen MR) is 128 cm³/mol. The van der Waals surface area contributed by atoms with Gasteiger partial charge in [0.2, 0.25) is 5.62 Å². The lowest BCUT2D eigenvalue weighted by Crippen LogP contribution is -2.33. The molecule has 0 aliphatic carbocycles. The van der Waals surface area contributed by atoms with Crippen LogP contribution in [-0.2, 0) is 23.9 Å². The van der Waals surface area contributed by atoms with Crippen molar-refractivity contribution in [1.29, 1.82) is 5.41 Å². The molecule has 3 N–H and O–H groups in total. The smallest absolute Gasteiger partial charge is 0.202 e. The van der Waals surface area contributed by atoms with Crippen molar-refractivity contribution in [3.63, 3.8) is 0 Å². The highest BCUT2D eigenvalue weighted by Crippen LogP contribution is 2.39.